The van der Waals surface area contributed by atoms with Crippen LogP contribution in [0, 0.1) is 0 Å². The van der Waals surface area contributed by atoms with Gasteiger partial charge in [0, 0.05) is 29.2 Å². The first-order chi connectivity index (χ1) is 15.0. The van der Waals surface area contributed by atoms with Gasteiger partial charge in [-0.2, -0.15) is 0 Å². The molecule has 1 N–H and O–H groups in total. The first kappa shape index (κ1) is 22.7. The Balaban J connectivity index is 0.000000628. The van der Waals surface area contributed by atoms with E-state index >= 15 is 0 Å². The third kappa shape index (κ3) is 5.19. The molecule has 1 aromatic heterocycles. The van der Waals surface area contributed by atoms with Crippen LogP contribution >= 0.6 is 23.2 Å². The minimum atomic E-state index is -0.965. The van der Waals surface area contributed by atoms with Gasteiger partial charge in [-0.3, -0.25) is 0 Å². The standard InChI is InChI=1S/C22H15Cl2NO2.C4H8/c23-18-9-7-15(12-19(18)24)21-13-17-16-5-2-1-4-14(16)8-10-20(17)25(21)11-3-6-22(26)27;1-3-4-2/h1-10,12-13H,11H2,(H,26,27);3-4H,1-2H3/b6-3+;4-3-. The second kappa shape index (κ2) is 10.3. The number of fused-ring (bicyclic) bond motifs is 3. The maximum atomic E-state index is 10.9. The largest absolute Gasteiger partial charge is 0.478 e. The van der Waals surface area contributed by atoms with E-state index in [-0.39, 0.29) is 0 Å². The van der Waals surface area contributed by atoms with Gasteiger partial charge in [-0.15, -0.1) is 0 Å². The number of benzene rings is 3. The summed E-state index contributed by atoms with van der Waals surface area (Å²) < 4.78 is 2.08. The predicted octanol–water partition coefficient (Wildman–Crippen LogP) is 7.99. The normalized spacial score (nSPS) is 11.4. The van der Waals surface area contributed by atoms with Crippen LogP contribution in [0.4, 0.5) is 0 Å². The second-order valence-corrected chi connectivity index (χ2v) is 7.71. The molecule has 0 spiro atoms. The van der Waals surface area contributed by atoms with Crippen LogP contribution in [0.1, 0.15) is 13.8 Å². The molecule has 4 aromatic rings. The molecule has 3 aromatic carbocycles. The summed E-state index contributed by atoms with van der Waals surface area (Å²) in [6.07, 6.45) is 6.80. The van der Waals surface area contributed by atoms with Crippen molar-refractivity contribution in [2.45, 2.75) is 20.4 Å². The third-order valence-corrected chi connectivity index (χ3v) is 5.65. The van der Waals surface area contributed by atoms with Crippen LogP contribution in [0.5, 0.6) is 0 Å². The van der Waals surface area contributed by atoms with E-state index in [1.165, 1.54) is 0 Å². The molecule has 158 valence electrons. The van der Waals surface area contributed by atoms with Crippen molar-refractivity contribution in [2.75, 3.05) is 0 Å². The fourth-order valence-electron chi connectivity index (χ4n) is 3.37. The summed E-state index contributed by atoms with van der Waals surface area (Å²) in [6.45, 7) is 4.43. The predicted molar refractivity (Wildman–Crippen MR) is 132 cm³/mol. The van der Waals surface area contributed by atoms with Gasteiger partial charge in [0.25, 0.3) is 0 Å². The number of hydrogen-bond donors (Lipinski definition) is 1. The van der Waals surface area contributed by atoms with E-state index in [2.05, 4.69) is 34.9 Å². The highest BCUT2D eigenvalue weighted by atomic mass is 35.5. The quantitative estimate of drug-likeness (QED) is 0.252. The van der Waals surface area contributed by atoms with Gasteiger partial charge < -0.3 is 9.67 Å². The molecule has 4 rings (SSSR count). The maximum absolute atomic E-state index is 10.9. The molecule has 0 bridgehead atoms. The summed E-state index contributed by atoms with van der Waals surface area (Å²) in [7, 11) is 0. The highest BCUT2D eigenvalue weighted by Gasteiger charge is 2.13. The monoisotopic (exact) mass is 451 g/mol. The summed E-state index contributed by atoms with van der Waals surface area (Å²) in [5.41, 5.74) is 2.91. The Bertz CT molecular complexity index is 1280. The Morgan fingerprint density at radius 3 is 2.35 bits per heavy atom. The molecule has 0 aliphatic carbocycles. The topological polar surface area (TPSA) is 42.2 Å². The molecule has 0 fully saturated rings. The zero-order valence-corrected chi connectivity index (χ0v) is 18.9. The number of aromatic nitrogens is 1. The first-order valence-electron chi connectivity index (χ1n) is 9.89. The summed E-state index contributed by atoms with van der Waals surface area (Å²) in [6, 6.07) is 20.0. The molecule has 31 heavy (non-hydrogen) atoms. The van der Waals surface area contributed by atoms with E-state index in [4.69, 9.17) is 28.3 Å². The minimum absolute atomic E-state index is 0.434. The first-order valence-corrected chi connectivity index (χ1v) is 10.6. The van der Waals surface area contributed by atoms with E-state index in [1.807, 2.05) is 50.3 Å². The molecule has 0 aliphatic heterocycles. The van der Waals surface area contributed by atoms with Crippen molar-refractivity contribution < 1.29 is 9.90 Å². The van der Waals surface area contributed by atoms with Crippen LogP contribution in [-0.2, 0) is 11.3 Å². The summed E-state index contributed by atoms with van der Waals surface area (Å²) in [4.78, 5) is 10.9. The van der Waals surface area contributed by atoms with Crippen LogP contribution in [0.2, 0.25) is 10.0 Å². The molecule has 0 amide bonds. The van der Waals surface area contributed by atoms with Gasteiger partial charge in [-0.05, 0) is 54.4 Å². The van der Waals surface area contributed by atoms with Gasteiger partial charge in [0.1, 0.15) is 0 Å². The molecule has 0 radical (unpaired) electrons. The number of carboxylic acid groups (broad SMARTS) is 1. The second-order valence-electron chi connectivity index (χ2n) is 6.90. The third-order valence-electron chi connectivity index (χ3n) is 4.91. The molecule has 0 aliphatic rings. The average molecular weight is 452 g/mol. The lowest BCUT2D eigenvalue weighted by Gasteiger charge is -2.10. The molecule has 0 saturated heterocycles. The smallest absolute Gasteiger partial charge is 0.328 e. The lowest BCUT2D eigenvalue weighted by atomic mass is 10.1. The minimum Gasteiger partial charge on any atom is -0.478 e. The Labute approximate surface area is 191 Å². The zero-order valence-electron chi connectivity index (χ0n) is 17.3. The van der Waals surface area contributed by atoms with Crippen LogP contribution in [0.15, 0.2) is 85.0 Å². The lowest BCUT2D eigenvalue weighted by molar-refractivity contribution is -0.131. The number of allylic oxidation sites excluding steroid dienone is 3. The fraction of sp³-hybridized carbons (Fsp3) is 0.115. The van der Waals surface area contributed by atoms with Crippen molar-refractivity contribution in [2.24, 2.45) is 0 Å². The Kier molecular flexibility index (Phi) is 7.56. The van der Waals surface area contributed by atoms with E-state index in [0.717, 1.165) is 39.0 Å². The van der Waals surface area contributed by atoms with Gasteiger partial charge in [0.2, 0.25) is 0 Å². The number of rotatable bonds is 4. The number of nitrogens with zero attached hydrogens (tertiary/aromatic N) is 1. The van der Waals surface area contributed by atoms with Crippen LogP contribution in [0.3, 0.4) is 0 Å². The molecular weight excluding hydrogens is 429 g/mol. The molecule has 0 unspecified atom stereocenters. The van der Waals surface area contributed by atoms with Crippen molar-refractivity contribution in [1.82, 2.24) is 4.57 Å². The molecule has 0 saturated carbocycles. The van der Waals surface area contributed by atoms with Crippen LogP contribution in [-0.4, -0.2) is 15.6 Å². The molecule has 5 heteroatoms. The molecule has 0 atom stereocenters. The maximum Gasteiger partial charge on any atom is 0.328 e. The summed E-state index contributed by atoms with van der Waals surface area (Å²) >= 11 is 12.3. The number of halogens is 2. The van der Waals surface area contributed by atoms with Crippen molar-refractivity contribution in [3.05, 3.63) is 95.0 Å². The average Bonchev–Trinajstić information content (AvgIpc) is 3.14. The molecule has 1 heterocycles. The zero-order chi connectivity index (χ0) is 22.4. The lowest BCUT2D eigenvalue weighted by Crippen LogP contribution is -1.99. The van der Waals surface area contributed by atoms with Gasteiger partial charge in [-0.25, -0.2) is 4.79 Å². The highest BCUT2D eigenvalue weighted by molar-refractivity contribution is 6.42. The Morgan fingerprint density at radius 1 is 0.935 bits per heavy atom. The van der Waals surface area contributed by atoms with Crippen molar-refractivity contribution in [1.29, 1.82) is 0 Å². The number of carboxylic acids is 1. The van der Waals surface area contributed by atoms with Crippen molar-refractivity contribution in [3.63, 3.8) is 0 Å². The number of carbonyl (C=O) groups is 1. The molecular formula is C26H23Cl2NO2. The van der Waals surface area contributed by atoms with Crippen molar-refractivity contribution in [3.8, 4) is 11.3 Å². The van der Waals surface area contributed by atoms with Gasteiger partial charge in [-0.1, -0.05) is 77.8 Å². The van der Waals surface area contributed by atoms with Crippen LogP contribution in [0.25, 0.3) is 32.9 Å². The number of aliphatic carboxylic acids is 1. The van der Waals surface area contributed by atoms with Crippen LogP contribution < -0.4 is 0 Å². The SMILES string of the molecule is C/C=C\C.O=C(O)/C=C/Cn1c(-c2ccc(Cl)c(Cl)c2)cc2c3ccccc3ccc21. The van der Waals surface area contributed by atoms with Gasteiger partial charge in [0.05, 0.1) is 10.0 Å². The Hall–Kier alpha value is -3.01. The molecule has 3 nitrogen and oxygen atoms in total. The van der Waals surface area contributed by atoms with E-state index in [0.29, 0.717) is 16.6 Å². The van der Waals surface area contributed by atoms with E-state index < -0.39 is 5.97 Å². The fourth-order valence-corrected chi connectivity index (χ4v) is 3.66. The summed E-state index contributed by atoms with van der Waals surface area (Å²) in [5, 5.41) is 13.3. The van der Waals surface area contributed by atoms with E-state index in [9.17, 15) is 4.79 Å². The highest BCUT2D eigenvalue weighted by Crippen LogP contribution is 2.35. The summed E-state index contributed by atoms with van der Waals surface area (Å²) in [5.74, 6) is -0.965. The van der Waals surface area contributed by atoms with Crippen molar-refractivity contribution >= 4 is 50.8 Å². The van der Waals surface area contributed by atoms with E-state index in [1.54, 1.807) is 12.1 Å². The number of hydrogen-bond acceptors (Lipinski definition) is 1. The Morgan fingerprint density at radius 2 is 1.68 bits per heavy atom. The van der Waals surface area contributed by atoms with Gasteiger partial charge in [0.15, 0.2) is 0 Å². The van der Waals surface area contributed by atoms with Gasteiger partial charge >= 0.3 is 5.97 Å².